The molecule has 31 heavy (non-hydrogen) atoms. The maximum atomic E-state index is 12.4. The molecule has 4 nitrogen and oxygen atoms in total. The Hall–Kier alpha value is -0.710. The molecule has 176 valence electrons. The average molecular weight is 433 g/mol. The van der Waals surface area contributed by atoms with Crippen LogP contribution >= 0.6 is 0 Å². The van der Waals surface area contributed by atoms with Crippen molar-refractivity contribution in [2.45, 2.75) is 111 Å². The van der Waals surface area contributed by atoms with Crippen molar-refractivity contribution in [3.05, 3.63) is 11.6 Å². The number of aliphatic hydroxyl groups excluding tert-OH is 1. The molecule has 4 aliphatic carbocycles. The summed E-state index contributed by atoms with van der Waals surface area (Å²) in [6.45, 7) is 10.7. The van der Waals surface area contributed by atoms with Gasteiger partial charge in [-0.05, 0) is 112 Å². The molecule has 3 fully saturated rings. The fourth-order valence-corrected chi connectivity index (χ4v) is 8.53. The Labute approximate surface area is 188 Å². The van der Waals surface area contributed by atoms with Crippen LogP contribution in [0.25, 0.3) is 0 Å². The minimum atomic E-state index is -1.10. The Morgan fingerprint density at radius 1 is 1.19 bits per heavy atom. The van der Waals surface area contributed by atoms with Gasteiger partial charge in [0.25, 0.3) is 0 Å². The Kier molecular flexibility index (Phi) is 6.24. The monoisotopic (exact) mass is 432 g/mol. The fraction of sp³-hybridized carbons (Fsp3) is 0.889. The van der Waals surface area contributed by atoms with Gasteiger partial charge in [0.2, 0.25) is 0 Å². The first kappa shape index (κ1) is 23.4. The highest BCUT2D eigenvalue weighted by Crippen LogP contribution is 2.67. The fourth-order valence-electron chi connectivity index (χ4n) is 8.53. The van der Waals surface area contributed by atoms with Crippen molar-refractivity contribution in [1.29, 1.82) is 0 Å². The lowest BCUT2D eigenvalue weighted by Crippen LogP contribution is -2.50. The van der Waals surface area contributed by atoms with Gasteiger partial charge in [-0.15, -0.1) is 0 Å². The number of aliphatic hydroxyl groups is 1. The first-order chi connectivity index (χ1) is 14.5. The molecule has 4 aliphatic rings. The smallest absolute Gasteiger partial charge is 0.167 e. The summed E-state index contributed by atoms with van der Waals surface area (Å²) < 4.78 is 0. The van der Waals surface area contributed by atoms with Gasteiger partial charge in [-0.3, -0.25) is 10.1 Å². The number of Topliss-reactive ketones (excluding diaryl/α,β-unsaturated/α-hetero) is 1. The van der Waals surface area contributed by atoms with E-state index in [0.29, 0.717) is 29.1 Å². The van der Waals surface area contributed by atoms with Gasteiger partial charge < -0.3 is 5.11 Å². The van der Waals surface area contributed by atoms with Crippen molar-refractivity contribution in [2.24, 2.45) is 40.4 Å². The highest BCUT2D eigenvalue weighted by atomic mass is 17.1. The molecular weight excluding hydrogens is 388 g/mol. The van der Waals surface area contributed by atoms with Crippen molar-refractivity contribution in [2.75, 3.05) is 0 Å². The van der Waals surface area contributed by atoms with Crippen LogP contribution in [0.15, 0.2) is 11.6 Å². The molecule has 8 atom stereocenters. The van der Waals surface area contributed by atoms with E-state index < -0.39 is 5.60 Å². The zero-order chi connectivity index (χ0) is 22.6. The van der Waals surface area contributed by atoms with Crippen LogP contribution in [0.4, 0.5) is 0 Å². The number of rotatable bonds is 6. The van der Waals surface area contributed by atoms with Crippen LogP contribution in [-0.4, -0.2) is 27.9 Å². The molecule has 0 radical (unpaired) electrons. The lowest BCUT2D eigenvalue weighted by molar-refractivity contribution is -0.301. The van der Waals surface area contributed by atoms with Crippen LogP contribution in [0.2, 0.25) is 0 Å². The Balaban J connectivity index is 1.46. The number of allylic oxidation sites excluding steroid dienone is 1. The van der Waals surface area contributed by atoms with Gasteiger partial charge in [0, 0.05) is 6.42 Å². The number of ketones is 1. The van der Waals surface area contributed by atoms with E-state index in [9.17, 15) is 9.90 Å². The Morgan fingerprint density at radius 3 is 2.65 bits per heavy atom. The molecule has 0 aliphatic heterocycles. The number of carbonyl (C=O) groups is 1. The van der Waals surface area contributed by atoms with Gasteiger partial charge >= 0.3 is 0 Å². The molecule has 3 saturated carbocycles. The van der Waals surface area contributed by atoms with E-state index in [-0.39, 0.29) is 11.9 Å². The van der Waals surface area contributed by atoms with E-state index in [1.54, 1.807) is 19.4 Å². The van der Waals surface area contributed by atoms with Gasteiger partial charge in [-0.2, -0.15) is 0 Å². The van der Waals surface area contributed by atoms with Gasteiger partial charge in [-0.25, -0.2) is 4.89 Å². The van der Waals surface area contributed by atoms with Gasteiger partial charge in [-0.1, -0.05) is 32.4 Å². The van der Waals surface area contributed by atoms with E-state index in [2.05, 4.69) is 31.7 Å². The second kappa shape index (κ2) is 8.25. The van der Waals surface area contributed by atoms with E-state index in [4.69, 9.17) is 5.26 Å². The molecule has 0 heterocycles. The zero-order valence-corrected chi connectivity index (χ0v) is 20.3. The second-order valence-electron chi connectivity index (χ2n) is 12.4. The Morgan fingerprint density at radius 2 is 1.94 bits per heavy atom. The van der Waals surface area contributed by atoms with E-state index in [1.807, 2.05) is 0 Å². The van der Waals surface area contributed by atoms with Crippen molar-refractivity contribution < 1.29 is 20.0 Å². The molecular formula is C27H44O4. The standard InChI is InChI=1S/C27H44O4/c1-17(6-11-24(29)25(2,3)31-30)21-9-10-22-20-8-7-18-16-19(28)12-14-26(18,4)23(20)13-15-27(21,22)5/h7,17,19-23,28,30H,6,8-16H2,1-5H3/t17-,19+,20+,21-,22+,23+,26+,27-/m1/s1. The van der Waals surface area contributed by atoms with E-state index in [1.165, 1.54) is 32.1 Å². The van der Waals surface area contributed by atoms with Crippen LogP contribution in [0.3, 0.4) is 0 Å². The molecule has 0 spiro atoms. The van der Waals surface area contributed by atoms with Crippen LogP contribution in [-0.2, 0) is 9.68 Å². The molecule has 0 bridgehead atoms. The highest BCUT2D eigenvalue weighted by Gasteiger charge is 2.59. The molecule has 0 amide bonds. The third-order valence-corrected chi connectivity index (χ3v) is 10.6. The minimum Gasteiger partial charge on any atom is -0.393 e. The lowest BCUT2D eigenvalue weighted by Gasteiger charge is -2.58. The summed E-state index contributed by atoms with van der Waals surface area (Å²) in [5.74, 6) is 3.52. The zero-order valence-electron chi connectivity index (χ0n) is 20.3. The molecule has 2 N–H and O–H groups in total. The van der Waals surface area contributed by atoms with Gasteiger partial charge in [0.15, 0.2) is 11.4 Å². The number of hydrogen-bond donors (Lipinski definition) is 2. The molecule has 0 aromatic heterocycles. The number of hydrogen-bond acceptors (Lipinski definition) is 4. The third kappa shape index (κ3) is 3.85. The Bertz CT molecular complexity index is 727. The minimum absolute atomic E-state index is 0.0115. The first-order valence-electron chi connectivity index (χ1n) is 12.8. The van der Waals surface area contributed by atoms with Gasteiger partial charge in [0.05, 0.1) is 6.10 Å². The molecule has 0 aromatic carbocycles. The van der Waals surface area contributed by atoms with Crippen molar-refractivity contribution >= 4 is 5.78 Å². The summed E-state index contributed by atoms with van der Waals surface area (Å²) in [5, 5.41) is 19.2. The third-order valence-electron chi connectivity index (χ3n) is 10.6. The number of carbonyl (C=O) groups excluding carboxylic acids is 1. The predicted molar refractivity (Wildman–Crippen MR) is 122 cm³/mol. The average Bonchev–Trinajstić information content (AvgIpc) is 3.09. The van der Waals surface area contributed by atoms with E-state index in [0.717, 1.165) is 43.4 Å². The summed E-state index contributed by atoms with van der Waals surface area (Å²) in [7, 11) is 0. The quantitative estimate of drug-likeness (QED) is 0.299. The van der Waals surface area contributed by atoms with Crippen LogP contribution < -0.4 is 0 Å². The topological polar surface area (TPSA) is 66.8 Å². The lowest BCUT2D eigenvalue weighted by atomic mass is 9.47. The van der Waals surface area contributed by atoms with Crippen LogP contribution in [0.1, 0.15) is 98.8 Å². The number of fused-ring (bicyclic) bond motifs is 5. The molecule has 0 unspecified atom stereocenters. The maximum Gasteiger partial charge on any atom is 0.167 e. The van der Waals surface area contributed by atoms with Gasteiger partial charge in [0.1, 0.15) is 0 Å². The molecule has 0 saturated heterocycles. The summed E-state index contributed by atoms with van der Waals surface area (Å²) in [6, 6.07) is 0. The summed E-state index contributed by atoms with van der Waals surface area (Å²) >= 11 is 0. The molecule has 4 rings (SSSR count). The first-order valence-corrected chi connectivity index (χ1v) is 12.8. The van der Waals surface area contributed by atoms with Crippen LogP contribution in [0, 0.1) is 40.4 Å². The van der Waals surface area contributed by atoms with E-state index >= 15 is 0 Å². The predicted octanol–water partition coefficient (Wildman–Crippen LogP) is 6.18. The second-order valence-corrected chi connectivity index (χ2v) is 12.4. The molecule has 4 heteroatoms. The SMILES string of the molecule is C[C@H](CCC(=O)C(C)(C)OO)[C@H]1CC[C@H]2[C@@H]3CC=C4C[C@@H](O)CC[C@]4(C)[C@H]3CC[C@]12C. The molecule has 0 aromatic rings. The normalized spacial score (nSPS) is 43.5. The van der Waals surface area contributed by atoms with Crippen molar-refractivity contribution in [3.63, 3.8) is 0 Å². The summed E-state index contributed by atoms with van der Waals surface area (Å²) in [6.07, 6.45) is 13.2. The highest BCUT2D eigenvalue weighted by molar-refractivity contribution is 5.86. The maximum absolute atomic E-state index is 12.4. The van der Waals surface area contributed by atoms with Crippen molar-refractivity contribution in [3.8, 4) is 0 Å². The summed E-state index contributed by atoms with van der Waals surface area (Å²) in [5.41, 5.74) is 1.12. The largest absolute Gasteiger partial charge is 0.393 e. The summed E-state index contributed by atoms with van der Waals surface area (Å²) in [4.78, 5) is 16.9. The van der Waals surface area contributed by atoms with Crippen LogP contribution in [0.5, 0.6) is 0 Å². The van der Waals surface area contributed by atoms with Crippen molar-refractivity contribution in [1.82, 2.24) is 0 Å².